The molecule has 0 saturated carbocycles. The summed E-state index contributed by atoms with van der Waals surface area (Å²) in [5, 5.41) is 1.44. The number of aldehydes is 1. The summed E-state index contributed by atoms with van der Waals surface area (Å²) in [5.41, 5.74) is 2.33. The number of hydrogen-bond acceptors (Lipinski definition) is 3. The Kier molecular flexibility index (Phi) is 5.28. The molecule has 0 saturated heterocycles. The maximum atomic E-state index is 9.93. The van der Waals surface area contributed by atoms with Gasteiger partial charge in [0.2, 0.25) is 6.41 Å². The Morgan fingerprint density at radius 3 is 2.50 bits per heavy atom. The Labute approximate surface area is 59.5 Å². The van der Waals surface area contributed by atoms with E-state index in [1.807, 2.05) is 0 Å². The Morgan fingerprint density at radius 1 is 1.40 bits per heavy atom. The second-order valence-electron chi connectivity index (χ2n) is 1.61. The van der Waals surface area contributed by atoms with Gasteiger partial charge in [0, 0.05) is 6.54 Å². The highest BCUT2D eigenvalue weighted by atomic mass is 16.1. The van der Waals surface area contributed by atoms with E-state index >= 15 is 0 Å². The number of nitrogens with zero attached hydrogens (tertiary/aromatic N) is 1. The minimum absolute atomic E-state index is 0.185. The second kappa shape index (κ2) is 5.97. The third kappa shape index (κ3) is 3.80. The first-order valence-electron chi connectivity index (χ1n) is 2.84. The normalized spacial score (nSPS) is 8.90. The van der Waals surface area contributed by atoms with Crippen molar-refractivity contribution in [1.82, 2.24) is 10.4 Å². The van der Waals surface area contributed by atoms with Crippen molar-refractivity contribution >= 4 is 12.7 Å². The highest BCUT2D eigenvalue weighted by molar-refractivity contribution is 5.53. The molecule has 0 aromatic rings. The third-order valence-electron chi connectivity index (χ3n) is 0.880. The van der Waals surface area contributed by atoms with Gasteiger partial charge in [0.25, 0.3) is 0 Å². The molecule has 10 heavy (non-hydrogen) atoms. The predicted molar refractivity (Wildman–Crippen MR) is 37.0 cm³/mol. The summed E-state index contributed by atoms with van der Waals surface area (Å²) < 4.78 is 0. The molecular weight excluding hydrogens is 132 g/mol. The van der Waals surface area contributed by atoms with E-state index in [0.717, 1.165) is 0 Å². The lowest BCUT2D eigenvalue weighted by Crippen LogP contribution is -2.38. The van der Waals surface area contributed by atoms with Crippen molar-refractivity contribution in [3.8, 4) is 0 Å². The Morgan fingerprint density at radius 2 is 2.10 bits per heavy atom. The van der Waals surface area contributed by atoms with E-state index < -0.39 is 0 Å². The molecule has 56 valence electrons. The average molecular weight is 142 g/mol. The molecular formula is C6H10N2O2. The molecule has 1 amide bonds. The number of rotatable bonds is 6. The maximum absolute atomic E-state index is 9.93. The van der Waals surface area contributed by atoms with E-state index in [2.05, 4.69) is 12.0 Å². The molecule has 0 atom stereocenters. The largest absolute Gasteiger partial charge is 0.302 e. The summed E-state index contributed by atoms with van der Waals surface area (Å²) in [6.45, 7) is 4.11. The van der Waals surface area contributed by atoms with Crippen molar-refractivity contribution in [2.45, 2.75) is 0 Å². The molecule has 0 aromatic carbocycles. The summed E-state index contributed by atoms with van der Waals surface area (Å²) >= 11 is 0. The predicted octanol–water partition coefficient (Wildman–Crippen LogP) is -0.666. The van der Waals surface area contributed by atoms with Gasteiger partial charge in [-0.2, -0.15) is 0 Å². The standard InChI is InChI=1S/C6H10N2O2/c1-2-3-8(4-5-9)7-6-10/h2,5-6H,1,3-4H2,(H,7,10). The Bertz CT molecular complexity index is 101. The zero-order chi connectivity index (χ0) is 7.82. The fraction of sp³-hybridized carbons (Fsp3) is 0.333. The molecule has 0 rings (SSSR count). The molecule has 0 spiro atoms. The number of nitrogens with one attached hydrogen (secondary N) is 1. The van der Waals surface area contributed by atoms with E-state index in [4.69, 9.17) is 0 Å². The third-order valence-corrected chi connectivity index (χ3v) is 0.880. The van der Waals surface area contributed by atoms with Crippen molar-refractivity contribution in [3.63, 3.8) is 0 Å². The van der Waals surface area contributed by atoms with E-state index in [0.29, 0.717) is 19.2 Å². The number of amides is 1. The fourth-order valence-electron chi connectivity index (χ4n) is 0.500. The van der Waals surface area contributed by atoms with Gasteiger partial charge in [-0.3, -0.25) is 10.2 Å². The number of carbonyl (C=O) groups excluding carboxylic acids is 2. The summed E-state index contributed by atoms with van der Waals surface area (Å²) in [5.74, 6) is 0. The number of hydrazine groups is 1. The quantitative estimate of drug-likeness (QED) is 0.304. The van der Waals surface area contributed by atoms with Crippen LogP contribution in [0, 0.1) is 0 Å². The Balaban J connectivity index is 3.58. The lowest BCUT2D eigenvalue weighted by atomic mass is 10.5. The minimum Gasteiger partial charge on any atom is -0.302 e. The van der Waals surface area contributed by atoms with Crippen LogP contribution in [0.5, 0.6) is 0 Å². The van der Waals surface area contributed by atoms with Gasteiger partial charge in [-0.1, -0.05) is 6.08 Å². The smallest absolute Gasteiger partial charge is 0.221 e. The van der Waals surface area contributed by atoms with Gasteiger partial charge in [-0.05, 0) is 0 Å². The average Bonchev–Trinajstić information content (AvgIpc) is 1.90. The van der Waals surface area contributed by atoms with E-state index in [1.54, 1.807) is 6.08 Å². The van der Waals surface area contributed by atoms with Crippen molar-refractivity contribution in [3.05, 3.63) is 12.7 Å². The van der Waals surface area contributed by atoms with Gasteiger partial charge in [0.05, 0.1) is 6.54 Å². The molecule has 4 nitrogen and oxygen atoms in total. The van der Waals surface area contributed by atoms with E-state index in [1.165, 1.54) is 5.01 Å². The second-order valence-corrected chi connectivity index (χ2v) is 1.61. The maximum Gasteiger partial charge on any atom is 0.221 e. The van der Waals surface area contributed by atoms with Crippen molar-refractivity contribution in [2.24, 2.45) is 0 Å². The Hall–Kier alpha value is -1.16. The fourth-order valence-corrected chi connectivity index (χ4v) is 0.500. The highest BCUT2D eigenvalue weighted by Gasteiger charge is 1.96. The molecule has 0 aliphatic rings. The minimum atomic E-state index is 0.185. The van der Waals surface area contributed by atoms with Gasteiger partial charge in [0.15, 0.2) is 0 Å². The van der Waals surface area contributed by atoms with Crippen LogP contribution in [0.15, 0.2) is 12.7 Å². The molecule has 0 heterocycles. The molecule has 0 radical (unpaired) electrons. The molecule has 1 N–H and O–H groups in total. The zero-order valence-electron chi connectivity index (χ0n) is 5.62. The monoisotopic (exact) mass is 142 g/mol. The molecule has 0 fully saturated rings. The van der Waals surface area contributed by atoms with Crippen LogP contribution < -0.4 is 5.43 Å². The first-order chi connectivity index (χ1) is 4.85. The molecule has 0 aliphatic carbocycles. The number of hydrogen-bond donors (Lipinski definition) is 1. The summed E-state index contributed by atoms with van der Waals surface area (Å²) in [6.07, 6.45) is 2.83. The van der Waals surface area contributed by atoms with E-state index in [-0.39, 0.29) is 6.54 Å². The molecule has 0 aliphatic heterocycles. The van der Waals surface area contributed by atoms with Crippen LogP contribution in [-0.4, -0.2) is 30.8 Å². The molecule has 0 bridgehead atoms. The van der Waals surface area contributed by atoms with Gasteiger partial charge in [0.1, 0.15) is 6.29 Å². The lowest BCUT2D eigenvalue weighted by Gasteiger charge is -2.14. The van der Waals surface area contributed by atoms with Crippen molar-refractivity contribution < 1.29 is 9.59 Å². The van der Waals surface area contributed by atoms with Crippen LogP contribution >= 0.6 is 0 Å². The van der Waals surface area contributed by atoms with Gasteiger partial charge in [-0.15, -0.1) is 6.58 Å². The van der Waals surface area contributed by atoms with E-state index in [9.17, 15) is 9.59 Å². The van der Waals surface area contributed by atoms with Crippen LogP contribution in [0.25, 0.3) is 0 Å². The summed E-state index contributed by atoms with van der Waals surface area (Å²) in [6, 6.07) is 0. The lowest BCUT2D eigenvalue weighted by molar-refractivity contribution is -0.115. The van der Waals surface area contributed by atoms with Crippen molar-refractivity contribution in [1.29, 1.82) is 0 Å². The highest BCUT2D eigenvalue weighted by Crippen LogP contribution is 1.76. The van der Waals surface area contributed by atoms with Gasteiger partial charge < -0.3 is 4.79 Å². The van der Waals surface area contributed by atoms with Crippen LogP contribution in [0.1, 0.15) is 0 Å². The van der Waals surface area contributed by atoms with Crippen molar-refractivity contribution in [2.75, 3.05) is 13.1 Å². The van der Waals surface area contributed by atoms with Crippen LogP contribution in [0.4, 0.5) is 0 Å². The molecule has 0 aromatic heterocycles. The zero-order valence-corrected chi connectivity index (χ0v) is 5.62. The van der Waals surface area contributed by atoms with Crippen LogP contribution in [0.2, 0.25) is 0 Å². The van der Waals surface area contributed by atoms with Crippen LogP contribution in [-0.2, 0) is 9.59 Å². The van der Waals surface area contributed by atoms with Gasteiger partial charge >= 0.3 is 0 Å². The van der Waals surface area contributed by atoms with Gasteiger partial charge in [-0.25, -0.2) is 5.01 Å². The van der Waals surface area contributed by atoms with Crippen LogP contribution in [0.3, 0.4) is 0 Å². The SMILES string of the molecule is C=CCN(CC=O)NC=O. The molecule has 0 unspecified atom stereocenters. The molecule has 4 heteroatoms. The first kappa shape index (κ1) is 8.84. The number of carbonyl (C=O) groups is 2. The first-order valence-corrected chi connectivity index (χ1v) is 2.84. The topological polar surface area (TPSA) is 49.4 Å². The summed E-state index contributed by atoms with van der Waals surface area (Å²) in [7, 11) is 0. The summed E-state index contributed by atoms with van der Waals surface area (Å²) in [4.78, 5) is 19.8.